The predicted molar refractivity (Wildman–Crippen MR) is 81.6 cm³/mol. The Labute approximate surface area is 124 Å². The van der Waals surface area contributed by atoms with Crippen molar-refractivity contribution in [2.75, 3.05) is 19.6 Å². The van der Waals surface area contributed by atoms with E-state index in [1.165, 1.54) is 0 Å². The standard InChI is InChI=1S/C15H21N5O/c1-3-9-16-10-11-17-15(21)14-12(2)20(19-18-14)13-7-5-4-6-8-13/h4-8,16H,3,9-11H2,1-2H3,(H,17,21). The molecule has 6 nitrogen and oxygen atoms in total. The molecular formula is C15H21N5O. The molecule has 0 fully saturated rings. The second-order valence-electron chi connectivity index (χ2n) is 4.78. The van der Waals surface area contributed by atoms with Crippen molar-refractivity contribution in [3.05, 3.63) is 41.7 Å². The minimum absolute atomic E-state index is 0.187. The summed E-state index contributed by atoms with van der Waals surface area (Å²) in [5, 5.41) is 14.1. The molecule has 1 heterocycles. The first kappa shape index (κ1) is 15.2. The highest BCUT2D eigenvalue weighted by Crippen LogP contribution is 2.11. The zero-order valence-electron chi connectivity index (χ0n) is 12.5. The zero-order chi connectivity index (χ0) is 15.1. The van der Waals surface area contributed by atoms with Gasteiger partial charge in [-0.1, -0.05) is 30.3 Å². The molecule has 2 N–H and O–H groups in total. The molecule has 1 aromatic carbocycles. The summed E-state index contributed by atoms with van der Waals surface area (Å²) in [5.74, 6) is -0.187. The van der Waals surface area contributed by atoms with Crippen molar-refractivity contribution in [3.8, 4) is 5.69 Å². The smallest absolute Gasteiger partial charge is 0.273 e. The molecule has 0 spiro atoms. The van der Waals surface area contributed by atoms with Crippen LogP contribution in [-0.4, -0.2) is 40.5 Å². The van der Waals surface area contributed by atoms with Gasteiger partial charge in [-0.15, -0.1) is 5.10 Å². The van der Waals surface area contributed by atoms with Crippen molar-refractivity contribution in [1.29, 1.82) is 0 Å². The first-order chi connectivity index (χ1) is 10.2. The Bertz CT molecular complexity index is 579. The number of carbonyl (C=O) groups excluding carboxylic acids is 1. The molecule has 0 radical (unpaired) electrons. The first-order valence-electron chi connectivity index (χ1n) is 7.20. The van der Waals surface area contributed by atoms with Crippen LogP contribution in [-0.2, 0) is 0 Å². The van der Waals surface area contributed by atoms with Gasteiger partial charge < -0.3 is 10.6 Å². The van der Waals surface area contributed by atoms with Gasteiger partial charge in [0.1, 0.15) is 0 Å². The van der Waals surface area contributed by atoms with Crippen molar-refractivity contribution >= 4 is 5.91 Å². The largest absolute Gasteiger partial charge is 0.349 e. The van der Waals surface area contributed by atoms with E-state index in [0.717, 1.165) is 30.9 Å². The fraction of sp³-hybridized carbons (Fsp3) is 0.400. The average molecular weight is 287 g/mol. The van der Waals surface area contributed by atoms with Crippen molar-refractivity contribution in [2.24, 2.45) is 0 Å². The third-order valence-corrected chi connectivity index (χ3v) is 3.12. The van der Waals surface area contributed by atoms with E-state index in [2.05, 4.69) is 27.9 Å². The van der Waals surface area contributed by atoms with E-state index in [1.807, 2.05) is 37.3 Å². The molecule has 0 aliphatic rings. The third kappa shape index (κ3) is 3.88. The summed E-state index contributed by atoms with van der Waals surface area (Å²) < 4.78 is 1.67. The lowest BCUT2D eigenvalue weighted by Crippen LogP contribution is -2.32. The molecule has 0 atom stereocenters. The van der Waals surface area contributed by atoms with E-state index >= 15 is 0 Å². The minimum Gasteiger partial charge on any atom is -0.349 e. The van der Waals surface area contributed by atoms with E-state index in [9.17, 15) is 4.79 Å². The molecule has 1 aromatic heterocycles. The van der Waals surface area contributed by atoms with Crippen molar-refractivity contribution in [1.82, 2.24) is 25.6 Å². The number of rotatable bonds is 7. The van der Waals surface area contributed by atoms with Crippen molar-refractivity contribution in [2.45, 2.75) is 20.3 Å². The van der Waals surface area contributed by atoms with Gasteiger partial charge >= 0.3 is 0 Å². The zero-order valence-corrected chi connectivity index (χ0v) is 12.5. The fourth-order valence-electron chi connectivity index (χ4n) is 2.00. The molecule has 112 valence electrons. The van der Waals surface area contributed by atoms with Crippen LogP contribution in [0.3, 0.4) is 0 Å². The lowest BCUT2D eigenvalue weighted by molar-refractivity contribution is 0.0948. The Morgan fingerprint density at radius 3 is 2.67 bits per heavy atom. The van der Waals surface area contributed by atoms with Gasteiger partial charge in [0.2, 0.25) is 0 Å². The summed E-state index contributed by atoms with van der Waals surface area (Å²) in [7, 11) is 0. The summed E-state index contributed by atoms with van der Waals surface area (Å²) in [6, 6.07) is 9.65. The van der Waals surface area contributed by atoms with E-state index < -0.39 is 0 Å². The second kappa shape index (κ2) is 7.54. The summed E-state index contributed by atoms with van der Waals surface area (Å²) in [6.45, 7) is 6.25. The molecule has 1 amide bonds. The lowest BCUT2D eigenvalue weighted by Gasteiger charge is -2.05. The van der Waals surface area contributed by atoms with Gasteiger partial charge in [-0.05, 0) is 32.0 Å². The highest BCUT2D eigenvalue weighted by Gasteiger charge is 2.16. The van der Waals surface area contributed by atoms with Crippen LogP contribution < -0.4 is 10.6 Å². The summed E-state index contributed by atoms with van der Waals surface area (Å²) in [5.41, 5.74) is 2.00. The van der Waals surface area contributed by atoms with Gasteiger partial charge in [-0.25, -0.2) is 4.68 Å². The first-order valence-corrected chi connectivity index (χ1v) is 7.20. The van der Waals surface area contributed by atoms with E-state index in [-0.39, 0.29) is 5.91 Å². The number of aromatic nitrogens is 3. The van der Waals surface area contributed by atoms with Crippen molar-refractivity contribution in [3.63, 3.8) is 0 Å². The van der Waals surface area contributed by atoms with Crippen LogP contribution in [0.1, 0.15) is 29.5 Å². The molecule has 0 saturated carbocycles. The molecule has 2 rings (SSSR count). The fourth-order valence-corrected chi connectivity index (χ4v) is 2.00. The normalized spacial score (nSPS) is 10.6. The molecule has 21 heavy (non-hydrogen) atoms. The van der Waals surface area contributed by atoms with E-state index in [0.29, 0.717) is 12.2 Å². The molecular weight excluding hydrogens is 266 g/mol. The highest BCUT2D eigenvalue weighted by atomic mass is 16.2. The maximum absolute atomic E-state index is 12.1. The molecule has 0 aliphatic heterocycles. The van der Waals surface area contributed by atoms with Crippen LogP contribution in [0.4, 0.5) is 0 Å². The number of nitrogens with one attached hydrogen (secondary N) is 2. The Kier molecular flexibility index (Phi) is 5.45. The van der Waals surface area contributed by atoms with Gasteiger partial charge in [-0.3, -0.25) is 4.79 Å². The van der Waals surface area contributed by atoms with Gasteiger partial charge in [0.15, 0.2) is 5.69 Å². The molecule has 0 unspecified atom stereocenters. The van der Waals surface area contributed by atoms with Gasteiger partial charge in [0.05, 0.1) is 11.4 Å². The summed E-state index contributed by atoms with van der Waals surface area (Å²) in [6.07, 6.45) is 1.08. The number of amides is 1. The second-order valence-corrected chi connectivity index (χ2v) is 4.78. The number of carbonyl (C=O) groups is 1. The molecule has 0 bridgehead atoms. The van der Waals surface area contributed by atoms with E-state index in [1.54, 1.807) is 4.68 Å². The Balaban J connectivity index is 1.98. The van der Waals surface area contributed by atoms with Crippen LogP contribution >= 0.6 is 0 Å². The minimum atomic E-state index is -0.187. The lowest BCUT2D eigenvalue weighted by atomic mass is 10.3. The summed E-state index contributed by atoms with van der Waals surface area (Å²) >= 11 is 0. The maximum atomic E-state index is 12.1. The van der Waals surface area contributed by atoms with Gasteiger partial charge in [0, 0.05) is 13.1 Å². The Morgan fingerprint density at radius 2 is 1.95 bits per heavy atom. The molecule has 6 heteroatoms. The number of benzene rings is 1. The van der Waals surface area contributed by atoms with Crippen LogP contribution in [0, 0.1) is 6.92 Å². The van der Waals surface area contributed by atoms with Gasteiger partial charge in [0.25, 0.3) is 5.91 Å². The van der Waals surface area contributed by atoms with Crippen LogP contribution in [0.2, 0.25) is 0 Å². The molecule has 2 aromatic rings. The number of para-hydroxylation sites is 1. The number of nitrogens with zero attached hydrogens (tertiary/aromatic N) is 3. The molecule has 0 aliphatic carbocycles. The molecule has 0 saturated heterocycles. The Morgan fingerprint density at radius 1 is 1.19 bits per heavy atom. The SMILES string of the molecule is CCCNCCNC(=O)c1nnn(-c2ccccc2)c1C. The maximum Gasteiger partial charge on any atom is 0.273 e. The number of hydrogen-bond donors (Lipinski definition) is 2. The van der Waals surface area contributed by atoms with Crippen molar-refractivity contribution < 1.29 is 4.79 Å². The van der Waals surface area contributed by atoms with Crippen LogP contribution in [0.25, 0.3) is 5.69 Å². The quantitative estimate of drug-likeness (QED) is 0.753. The van der Waals surface area contributed by atoms with Crippen LogP contribution in [0.5, 0.6) is 0 Å². The topological polar surface area (TPSA) is 71.8 Å². The third-order valence-electron chi connectivity index (χ3n) is 3.12. The summed E-state index contributed by atoms with van der Waals surface area (Å²) in [4.78, 5) is 12.1. The average Bonchev–Trinajstić information content (AvgIpc) is 2.89. The van der Waals surface area contributed by atoms with E-state index in [4.69, 9.17) is 0 Å². The Hall–Kier alpha value is -2.21. The monoisotopic (exact) mass is 287 g/mol. The van der Waals surface area contributed by atoms with Crippen LogP contribution in [0.15, 0.2) is 30.3 Å². The predicted octanol–water partition coefficient (Wildman–Crippen LogP) is 1.31. The highest BCUT2D eigenvalue weighted by molar-refractivity contribution is 5.93. The number of hydrogen-bond acceptors (Lipinski definition) is 4. The van der Waals surface area contributed by atoms with Gasteiger partial charge in [-0.2, -0.15) is 0 Å².